The maximum atomic E-state index is 13.8. The molecule has 1 nitrogen and oxygen atoms in total. The Morgan fingerprint density at radius 2 is 2.05 bits per heavy atom. The molecule has 1 aliphatic rings. The van der Waals surface area contributed by atoms with Crippen molar-refractivity contribution in [2.24, 2.45) is 0 Å². The fourth-order valence-corrected chi connectivity index (χ4v) is 4.36. The Hall–Kier alpha value is -0.900. The lowest BCUT2D eigenvalue weighted by atomic mass is 10.0. The van der Waals surface area contributed by atoms with Crippen molar-refractivity contribution in [3.8, 4) is 0 Å². The van der Waals surface area contributed by atoms with Gasteiger partial charge in [0.15, 0.2) is 0 Å². The lowest BCUT2D eigenvalue weighted by Crippen LogP contribution is -2.02. The molecule has 21 heavy (non-hydrogen) atoms. The molecule has 1 N–H and O–H groups in total. The summed E-state index contributed by atoms with van der Waals surface area (Å²) in [4.78, 5) is 2.32. The summed E-state index contributed by atoms with van der Waals surface area (Å²) in [5, 5.41) is 10.8. The summed E-state index contributed by atoms with van der Waals surface area (Å²) in [7, 11) is 0. The Morgan fingerprint density at radius 3 is 2.86 bits per heavy atom. The van der Waals surface area contributed by atoms with E-state index in [0.29, 0.717) is 10.6 Å². The highest BCUT2D eigenvalue weighted by molar-refractivity contribution is 7.12. The van der Waals surface area contributed by atoms with Gasteiger partial charge >= 0.3 is 0 Å². The third kappa shape index (κ3) is 3.31. The molecule has 2 aromatic rings. The molecule has 0 aliphatic heterocycles. The lowest BCUT2D eigenvalue weighted by Gasteiger charge is -2.11. The predicted octanol–water partition coefficient (Wildman–Crippen LogP) is 5.09. The molecule has 1 aromatic carbocycles. The molecule has 0 fully saturated rings. The van der Waals surface area contributed by atoms with Gasteiger partial charge in [0.2, 0.25) is 0 Å². The summed E-state index contributed by atoms with van der Waals surface area (Å²) >= 11 is 7.71. The van der Waals surface area contributed by atoms with Crippen LogP contribution in [0.25, 0.3) is 0 Å². The van der Waals surface area contributed by atoms with Gasteiger partial charge in [-0.2, -0.15) is 0 Å². The van der Waals surface area contributed by atoms with Crippen LogP contribution < -0.4 is 0 Å². The standard InChI is InChI=1S/C17H18ClFOS/c18-13-6-4-7-14(19)12(13)10-15(20)17-9-11-5-2-1-3-8-16(11)21-17/h4,6-7,9,15,20H,1-3,5,8,10H2. The largest absolute Gasteiger partial charge is 0.387 e. The monoisotopic (exact) mass is 324 g/mol. The highest BCUT2D eigenvalue weighted by Crippen LogP contribution is 2.34. The number of rotatable bonds is 3. The Kier molecular flexibility index (Phi) is 4.63. The van der Waals surface area contributed by atoms with Crippen LogP contribution in [-0.4, -0.2) is 5.11 Å². The predicted molar refractivity (Wildman–Crippen MR) is 85.7 cm³/mol. The fourth-order valence-electron chi connectivity index (χ4n) is 2.88. The van der Waals surface area contributed by atoms with Gasteiger partial charge in [0.25, 0.3) is 0 Å². The summed E-state index contributed by atoms with van der Waals surface area (Å²) < 4.78 is 13.8. The molecular formula is C17H18ClFOS. The van der Waals surface area contributed by atoms with Crippen LogP contribution in [0.5, 0.6) is 0 Å². The van der Waals surface area contributed by atoms with Gasteiger partial charge in [-0.25, -0.2) is 4.39 Å². The molecule has 1 heterocycles. The minimum absolute atomic E-state index is 0.227. The molecule has 0 spiro atoms. The van der Waals surface area contributed by atoms with Crippen molar-refractivity contribution < 1.29 is 9.50 Å². The Bertz CT molecular complexity index is 594. The van der Waals surface area contributed by atoms with Crippen molar-refractivity contribution in [2.75, 3.05) is 0 Å². The molecule has 0 saturated heterocycles. The van der Waals surface area contributed by atoms with E-state index in [0.717, 1.165) is 17.7 Å². The maximum Gasteiger partial charge on any atom is 0.127 e. The van der Waals surface area contributed by atoms with Crippen molar-refractivity contribution in [2.45, 2.75) is 44.6 Å². The van der Waals surface area contributed by atoms with E-state index in [2.05, 4.69) is 6.07 Å². The second kappa shape index (κ2) is 6.47. The van der Waals surface area contributed by atoms with Crippen LogP contribution in [0.15, 0.2) is 24.3 Å². The third-order valence-electron chi connectivity index (χ3n) is 4.05. The van der Waals surface area contributed by atoms with E-state index in [1.807, 2.05) is 0 Å². The van der Waals surface area contributed by atoms with Crippen LogP contribution in [0.1, 0.15) is 46.2 Å². The van der Waals surface area contributed by atoms with E-state index in [-0.39, 0.29) is 12.2 Å². The van der Waals surface area contributed by atoms with Gasteiger partial charge in [0.1, 0.15) is 5.82 Å². The normalized spacial score (nSPS) is 16.3. The second-order valence-corrected chi connectivity index (χ2v) is 7.15. The number of halogens is 2. The first-order chi connectivity index (χ1) is 10.1. The second-order valence-electron chi connectivity index (χ2n) is 5.58. The number of hydrogen-bond donors (Lipinski definition) is 1. The molecule has 112 valence electrons. The van der Waals surface area contributed by atoms with Crippen LogP contribution in [0.4, 0.5) is 4.39 Å². The molecule has 1 aromatic heterocycles. The van der Waals surface area contributed by atoms with Gasteiger partial charge in [-0.1, -0.05) is 24.1 Å². The minimum Gasteiger partial charge on any atom is -0.387 e. The molecule has 0 amide bonds. The third-order valence-corrected chi connectivity index (χ3v) is 5.75. The van der Waals surface area contributed by atoms with E-state index < -0.39 is 6.10 Å². The first-order valence-corrected chi connectivity index (χ1v) is 8.57. The van der Waals surface area contributed by atoms with Crippen molar-refractivity contribution in [1.29, 1.82) is 0 Å². The van der Waals surface area contributed by atoms with E-state index >= 15 is 0 Å². The summed E-state index contributed by atoms with van der Waals surface area (Å²) in [5.74, 6) is -0.348. The zero-order valence-electron chi connectivity index (χ0n) is 11.7. The number of thiophene rings is 1. The van der Waals surface area contributed by atoms with Crippen molar-refractivity contribution in [1.82, 2.24) is 0 Å². The van der Waals surface area contributed by atoms with Gasteiger partial charge in [-0.15, -0.1) is 11.3 Å². The molecule has 1 atom stereocenters. The summed E-state index contributed by atoms with van der Waals surface area (Å²) in [5.41, 5.74) is 1.77. The number of aryl methyl sites for hydroxylation is 2. The van der Waals surface area contributed by atoms with Gasteiger partial charge in [0, 0.05) is 26.8 Å². The average molecular weight is 325 g/mol. The highest BCUT2D eigenvalue weighted by Gasteiger charge is 2.19. The Balaban J connectivity index is 1.81. The van der Waals surface area contributed by atoms with Crippen molar-refractivity contribution in [3.63, 3.8) is 0 Å². The van der Waals surface area contributed by atoms with E-state index in [4.69, 9.17) is 11.6 Å². The Morgan fingerprint density at radius 1 is 1.24 bits per heavy atom. The molecule has 1 unspecified atom stereocenters. The number of benzene rings is 1. The smallest absolute Gasteiger partial charge is 0.127 e. The maximum absolute atomic E-state index is 13.8. The van der Waals surface area contributed by atoms with Crippen LogP contribution in [0.2, 0.25) is 5.02 Å². The summed E-state index contributed by atoms with van der Waals surface area (Å²) in [6.45, 7) is 0. The van der Waals surface area contributed by atoms with Crippen LogP contribution in [-0.2, 0) is 19.3 Å². The van der Waals surface area contributed by atoms with E-state index in [1.165, 1.54) is 35.8 Å². The quantitative estimate of drug-likeness (QED) is 0.780. The zero-order chi connectivity index (χ0) is 14.8. The number of aliphatic hydroxyl groups excluding tert-OH is 1. The topological polar surface area (TPSA) is 20.2 Å². The molecule has 4 heteroatoms. The minimum atomic E-state index is -0.684. The molecule has 0 bridgehead atoms. The molecule has 0 saturated carbocycles. The van der Waals surface area contributed by atoms with Crippen LogP contribution in [0.3, 0.4) is 0 Å². The first kappa shape index (κ1) is 15.0. The van der Waals surface area contributed by atoms with Crippen LogP contribution in [0, 0.1) is 5.82 Å². The van der Waals surface area contributed by atoms with Crippen LogP contribution >= 0.6 is 22.9 Å². The Labute approximate surface area is 133 Å². The van der Waals surface area contributed by atoms with E-state index in [1.54, 1.807) is 23.5 Å². The van der Waals surface area contributed by atoms with Gasteiger partial charge in [0.05, 0.1) is 6.10 Å². The number of hydrogen-bond acceptors (Lipinski definition) is 2. The van der Waals surface area contributed by atoms with Gasteiger partial charge in [-0.3, -0.25) is 0 Å². The molecular weight excluding hydrogens is 307 g/mol. The fraction of sp³-hybridized carbons (Fsp3) is 0.412. The van der Waals surface area contributed by atoms with Crippen molar-refractivity contribution in [3.05, 3.63) is 56.0 Å². The molecule has 3 rings (SSSR count). The number of fused-ring (bicyclic) bond motifs is 1. The number of aliphatic hydroxyl groups is 1. The summed E-state index contributed by atoms with van der Waals surface area (Å²) in [6.07, 6.45) is 5.47. The molecule has 1 aliphatic carbocycles. The average Bonchev–Trinajstić information content (AvgIpc) is 2.74. The summed E-state index contributed by atoms with van der Waals surface area (Å²) in [6, 6.07) is 6.74. The molecule has 0 radical (unpaired) electrons. The van der Waals surface area contributed by atoms with Gasteiger partial charge < -0.3 is 5.11 Å². The lowest BCUT2D eigenvalue weighted by molar-refractivity contribution is 0.181. The SMILES string of the molecule is OC(Cc1c(F)cccc1Cl)c1cc2c(s1)CCCCC2. The van der Waals surface area contributed by atoms with Crippen molar-refractivity contribution >= 4 is 22.9 Å². The van der Waals surface area contributed by atoms with Gasteiger partial charge in [-0.05, 0) is 49.4 Å². The van der Waals surface area contributed by atoms with E-state index in [9.17, 15) is 9.50 Å². The first-order valence-electron chi connectivity index (χ1n) is 7.37. The highest BCUT2D eigenvalue weighted by atomic mass is 35.5. The zero-order valence-corrected chi connectivity index (χ0v) is 13.3.